The van der Waals surface area contributed by atoms with Crippen LogP contribution >= 0.6 is 11.3 Å². The zero-order chi connectivity index (χ0) is 32.1. The third-order valence-corrected chi connectivity index (χ3v) is 11.0. The van der Waals surface area contributed by atoms with E-state index >= 15 is 0 Å². The van der Waals surface area contributed by atoms with E-state index in [2.05, 4.69) is 167 Å². The number of hydrogen-bond acceptors (Lipinski definition) is 3. The van der Waals surface area contributed by atoms with E-state index in [-0.39, 0.29) is 0 Å². The maximum absolute atomic E-state index is 5.52. The lowest BCUT2D eigenvalue weighted by Gasteiger charge is -2.13. The molecule has 0 aliphatic heterocycles. The van der Waals surface area contributed by atoms with E-state index < -0.39 is 0 Å². The van der Waals surface area contributed by atoms with Gasteiger partial charge in [-0.1, -0.05) is 121 Å². The Balaban J connectivity index is 1.35. The monoisotopic (exact) mass is 642 g/mol. The van der Waals surface area contributed by atoms with Crippen molar-refractivity contribution in [2.24, 2.45) is 0 Å². The van der Waals surface area contributed by atoms with E-state index in [1.54, 1.807) is 11.3 Å². The normalized spacial score (nSPS) is 12.1. The second-order valence-corrected chi connectivity index (χ2v) is 13.7. The van der Waals surface area contributed by atoms with Gasteiger partial charge >= 0.3 is 0 Å². The molecule has 11 rings (SSSR count). The summed E-state index contributed by atoms with van der Waals surface area (Å²) in [6, 6.07) is 56.3. The zero-order valence-corrected chi connectivity index (χ0v) is 27.0. The van der Waals surface area contributed by atoms with Gasteiger partial charge in [0.25, 0.3) is 0 Å². The Labute approximate surface area is 284 Å². The molecular weight excluding hydrogens is 617 g/mol. The first kappa shape index (κ1) is 26.7. The fraction of sp³-hybridized carbons (Fsp3) is 0. The van der Waals surface area contributed by atoms with Crippen molar-refractivity contribution in [1.29, 1.82) is 0 Å². The molecule has 0 fully saturated rings. The second kappa shape index (κ2) is 10.1. The summed E-state index contributed by atoms with van der Waals surface area (Å²) in [5.41, 5.74) is 8.63. The minimum atomic E-state index is 0.669. The zero-order valence-electron chi connectivity index (χ0n) is 26.2. The fourth-order valence-corrected chi connectivity index (χ4v) is 8.95. The molecule has 4 aromatic heterocycles. The van der Waals surface area contributed by atoms with Crippen LogP contribution in [0.3, 0.4) is 0 Å². The molecule has 4 nitrogen and oxygen atoms in total. The Morgan fingerprint density at radius 1 is 0.449 bits per heavy atom. The van der Waals surface area contributed by atoms with E-state index in [0.717, 1.165) is 49.1 Å². The van der Waals surface area contributed by atoms with Crippen LogP contribution in [-0.2, 0) is 0 Å². The number of fused-ring (bicyclic) bond motifs is 11. The van der Waals surface area contributed by atoms with Crippen molar-refractivity contribution in [3.63, 3.8) is 0 Å². The number of benzene rings is 7. The van der Waals surface area contributed by atoms with Gasteiger partial charge in [-0.15, -0.1) is 11.3 Å². The van der Waals surface area contributed by atoms with Crippen LogP contribution in [-0.4, -0.2) is 19.1 Å². The first-order valence-corrected chi connectivity index (χ1v) is 17.3. The Morgan fingerprint density at radius 3 is 1.73 bits per heavy atom. The van der Waals surface area contributed by atoms with Gasteiger partial charge in [-0.05, 0) is 47.2 Å². The summed E-state index contributed by atoms with van der Waals surface area (Å²) < 4.78 is 7.03. The van der Waals surface area contributed by atoms with E-state index in [9.17, 15) is 0 Å². The lowest BCUT2D eigenvalue weighted by molar-refractivity contribution is 1.02. The molecule has 0 amide bonds. The molecule has 0 saturated heterocycles. The highest BCUT2D eigenvalue weighted by Crippen LogP contribution is 2.44. The number of rotatable bonds is 3. The van der Waals surface area contributed by atoms with Crippen molar-refractivity contribution in [2.45, 2.75) is 0 Å². The smallest absolute Gasteiger partial charge is 0.235 e. The molecule has 11 aromatic rings. The number of aromatic nitrogens is 4. The molecule has 0 radical (unpaired) electrons. The summed E-state index contributed by atoms with van der Waals surface area (Å²) in [7, 11) is 0. The maximum atomic E-state index is 5.52. The number of para-hydroxylation sites is 3. The summed E-state index contributed by atoms with van der Waals surface area (Å²) in [6.45, 7) is 0. The van der Waals surface area contributed by atoms with Gasteiger partial charge in [0, 0.05) is 42.9 Å². The molecule has 0 unspecified atom stereocenters. The van der Waals surface area contributed by atoms with Crippen LogP contribution in [0.2, 0.25) is 0 Å². The predicted molar refractivity (Wildman–Crippen MR) is 207 cm³/mol. The van der Waals surface area contributed by atoms with Crippen LogP contribution in [0.1, 0.15) is 0 Å². The largest absolute Gasteiger partial charge is 0.307 e. The van der Waals surface area contributed by atoms with Crippen molar-refractivity contribution in [3.05, 3.63) is 158 Å². The van der Waals surface area contributed by atoms with Gasteiger partial charge in [0.1, 0.15) is 0 Å². The lowest BCUT2D eigenvalue weighted by atomic mass is 10.1. The average Bonchev–Trinajstić information content (AvgIpc) is 3.81. The molecule has 49 heavy (non-hydrogen) atoms. The van der Waals surface area contributed by atoms with Crippen LogP contribution in [0.4, 0.5) is 0 Å². The Morgan fingerprint density at radius 2 is 1.02 bits per heavy atom. The van der Waals surface area contributed by atoms with Crippen LogP contribution in [0.15, 0.2) is 158 Å². The summed E-state index contributed by atoms with van der Waals surface area (Å²) in [6.07, 6.45) is 0. The molecule has 0 N–H and O–H groups in total. The molecule has 5 heteroatoms. The van der Waals surface area contributed by atoms with E-state index in [0.29, 0.717) is 5.95 Å². The van der Waals surface area contributed by atoms with Crippen LogP contribution in [0, 0.1) is 0 Å². The van der Waals surface area contributed by atoms with Crippen molar-refractivity contribution in [3.8, 4) is 22.9 Å². The average molecular weight is 643 g/mol. The van der Waals surface area contributed by atoms with Gasteiger partial charge in [0.05, 0.1) is 38.0 Å². The highest BCUT2D eigenvalue weighted by molar-refractivity contribution is 7.26. The Hall–Kier alpha value is -6.30. The molecule has 0 atom stereocenters. The second-order valence-electron chi connectivity index (χ2n) is 12.6. The predicted octanol–water partition coefficient (Wildman–Crippen LogP) is 11.9. The van der Waals surface area contributed by atoms with Gasteiger partial charge in [-0.3, -0.25) is 4.57 Å². The van der Waals surface area contributed by atoms with Gasteiger partial charge in [-0.2, -0.15) is 0 Å². The van der Waals surface area contributed by atoms with Crippen LogP contribution < -0.4 is 0 Å². The molecule has 0 saturated carbocycles. The quantitative estimate of drug-likeness (QED) is 0.192. The lowest BCUT2D eigenvalue weighted by Crippen LogP contribution is -2.04. The summed E-state index contributed by atoms with van der Waals surface area (Å²) >= 11 is 1.78. The van der Waals surface area contributed by atoms with Gasteiger partial charge < -0.3 is 4.57 Å². The summed E-state index contributed by atoms with van der Waals surface area (Å²) in [5.74, 6) is 0.669. The summed E-state index contributed by atoms with van der Waals surface area (Å²) in [4.78, 5) is 11.0. The minimum Gasteiger partial charge on any atom is -0.307 e. The number of thiophene rings is 1. The topological polar surface area (TPSA) is 35.6 Å². The fourth-order valence-electron chi connectivity index (χ4n) is 7.76. The highest BCUT2D eigenvalue weighted by atomic mass is 32.1. The molecule has 4 heterocycles. The maximum Gasteiger partial charge on any atom is 0.235 e. The standard InChI is InChI=1S/C44H26N4S/c1-3-13-27(14-4-1)39-43-40(35-25-28-15-7-8-16-29(28)26-38(35)49-43)46-44(45-39)48-37-22-12-10-20-32(37)34-24-23-33-31-19-9-11-21-36(31)47(41(33)42(34)48)30-17-5-2-6-18-30/h1-26H. The highest BCUT2D eigenvalue weighted by Gasteiger charge is 2.24. The molecule has 0 aliphatic rings. The van der Waals surface area contributed by atoms with Crippen LogP contribution in [0.5, 0.6) is 0 Å². The van der Waals surface area contributed by atoms with E-state index in [4.69, 9.17) is 9.97 Å². The number of nitrogens with zero attached hydrogens (tertiary/aromatic N) is 4. The molecule has 7 aromatic carbocycles. The van der Waals surface area contributed by atoms with Gasteiger partial charge in [0.2, 0.25) is 5.95 Å². The Bertz CT molecular complexity index is 3100. The third kappa shape index (κ3) is 3.79. The van der Waals surface area contributed by atoms with Gasteiger partial charge in [0.15, 0.2) is 0 Å². The van der Waals surface area contributed by atoms with Crippen molar-refractivity contribution in [1.82, 2.24) is 19.1 Å². The van der Waals surface area contributed by atoms with Gasteiger partial charge in [-0.25, -0.2) is 9.97 Å². The third-order valence-electron chi connectivity index (χ3n) is 9.90. The van der Waals surface area contributed by atoms with E-state index in [1.807, 2.05) is 0 Å². The molecular formula is C44H26N4S. The number of hydrogen-bond donors (Lipinski definition) is 0. The molecule has 0 aliphatic carbocycles. The minimum absolute atomic E-state index is 0.669. The molecule has 0 spiro atoms. The first-order valence-electron chi connectivity index (χ1n) is 16.5. The Kier molecular flexibility index (Phi) is 5.51. The molecule has 228 valence electrons. The molecule has 0 bridgehead atoms. The van der Waals surface area contributed by atoms with Crippen LogP contribution in [0.25, 0.3) is 97.6 Å². The van der Waals surface area contributed by atoms with E-state index in [1.165, 1.54) is 42.5 Å². The SMILES string of the molecule is c1ccc(-c2nc(-n3c4ccccc4c4ccc5c6ccccc6n(-c6ccccc6)c5c43)nc3c2sc2cc4ccccc4cc23)cc1. The van der Waals surface area contributed by atoms with Crippen molar-refractivity contribution < 1.29 is 0 Å². The first-order chi connectivity index (χ1) is 24.3. The summed E-state index contributed by atoms with van der Waals surface area (Å²) in [5, 5.41) is 8.37. The van der Waals surface area contributed by atoms with Crippen molar-refractivity contribution in [2.75, 3.05) is 0 Å². The van der Waals surface area contributed by atoms with Crippen molar-refractivity contribution >= 4 is 86.0 Å².